The number of hydrogen-bond acceptors (Lipinski definition) is 2. The van der Waals surface area contributed by atoms with Crippen LogP contribution in [0.3, 0.4) is 0 Å². The van der Waals surface area contributed by atoms with E-state index in [1.54, 1.807) is 6.07 Å². The Morgan fingerprint density at radius 1 is 1.55 bits per heavy atom. The third kappa shape index (κ3) is 1.32. The monoisotopic (exact) mass is 147 g/mol. The fraction of sp³-hybridized carbons (Fsp3) is 0.222. The standard InChI is InChI=1S/C9H9NO/c1-2-7-4-3-5-9(11)8(7)6-10/h3-5,11H,2H2,1H3. The summed E-state index contributed by atoms with van der Waals surface area (Å²) in [6.45, 7) is 1.95. The molecule has 1 N–H and O–H groups in total. The first kappa shape index (κ1) is 7.62. The Morgan fingerprint density at radius 2 is 2.27 bits per heavy atom. The Hall–Kier alpha value is -1.49. The fourth-order valence-electron chi connectivity index (χ4n) is 1.01. The van der Waals surface area contributed by atoms with Crippen LogP contribution in [0.25, 0.3) is 0 Å². The summed E-state index contributed by atoms with van der Waals surface area (Å²) in [4.78, 5) is 0. The maximum atomic E-state index is 9.20. The van der Waals surface area contributed by atoms with Gasteiger partial charge in [0.2, 0.25) is 0 Å². The molecule has 0 aromatic heterocycles. The smallest absolute Gasteiger partial charge is 0.133 e. The van der Waals surface area contributed by atoms with Gasteiger partial charge in [-0.05, 0) is 18.1 Å². The first-order valence-electron chi connectivity index (χ1n) is 3.50. The molecule has 0 aliphatic heterocycles. The highest BCUT2D eigenvalue weighted by Crippen LogP contribution is 2.19. The van der Waals surface area contributed by atoms with Gasteiger partial charge < -0.3 is 5.11 Å². The minimum absolute atomic E-state index is 0.0758. The molecular weight excluding hydrogens is 138 g/mol. The molecule has 11 heavy (non-hydrogen) atoms. The number of nitrogens with zero attached hydrogens (tertiary/aromatic N) is 1. The van der Waals surface area contributed by atoms with Gasteiger partial charge in [-0.15, -0.1) is 0 Å². The molecule has 0 fully saturated rings. The van der Waals surface area contributed by atoms with Gasteiger partial charge in [0, 0.05) is 0 Å². The van der Waals surface area contributed by atoms with E-state index in [-0.39, 0.29) is 5.75 Å². The zero-order valence-corrected chi connectivity index (χ0v) is 6.33. The minimum atomic E-state index is 0.0758. The Balaban J connectivity index is 3.27. The van der Waals surface area contributed by atoms with Gasteiger partial charge in [0.1, 0.15) is 11.8 Å². The van der Waals surface area contributed by atoms with Crippen molar-refractivity contribution >= 4 is 0 Å². The summed E-state index contributed by atoms with van der Waals surface area (Å²) < 4.78 is 0. The number of aryl methyl sites for hydroxylation is 1. The van der Waals surface area contributed by atoms with Crippen molar-refractivity contribution < 1.29 is 5.11 Å². The van der Waals surface area contributed by atoms with Gasteiger partial charge in [-0.25, -0.2) is 0 Å². The molecule has 0 unspecified atom stereocenters. The number of rotatable bonds is 1. The molecular formula is C9H9NO. The summed E-state index contributed by atoms with van der Waals surface area (Å²) in [6.07, 6.45) is 0.775. The lowest BCUT2D eigenvalue weighted by atomic mass is 10.1. The van der Waals surface area contributed by atoms with Gasteiger partial charge in [-0.1, -0.05) is 19.1 Å². The largest absolute Gasteiger partial charge is 0.507 e. The van der Waals surface area contributed by atoms with Crippen molar-refractivity contribution in [1.29, 1.82) is 5.26 Å². The van der Waals surface area contributed by atoms with Crippen LogP contribution in [0.5, 0.6) is 5.75 Å². The number of hydrogen-bond donors (Lipinski definition) is 1. The molecule has 56 valence electrons. The topological polar surface area (TPSA) is 44.0 Å². The van der Waals surface area contributed by atoms with Crippen molar-refractivity contribution in [3.05, 3.63) is 29.3 Å². The maximum absolute atomic E-state index is 9.20. The molecule has 0 bridgehead atoms. The average Bonchev–Trinajstić information content (AvgIpc) is 2.04. The fourth-order valence-corrected chi connectivity index (χ4v) is 1.01. The number of phenols is 1. The highest BCUT2D eigenvalue weighted by atomic mass is 16.3. The van der Waals surface area contributed by atoms with Crippen LogP contribution in [0.4, 0.5) is 0 Å². The number of aromatic hydroxyl groups is 1. The van der Waals surface area contributed by atoms with Crippen LogP contribution in [-0.4, -0.2) is 5.11 Å². The predicted octanol–water partition coefficient (Wildman–Crippen LogP) is 1.83. The maximum Gasteiger partial charge on any atom is 0.133 e. The van der Waals surface area contributed by atoms with Crippen LogP contribution < -0.4 is 0 Å². The van der Waals surface area contributed by atoms with Gasteiger partial charge >= 0.3 is 0 Å². The SMILES string of the molecule is CCc1cccc(O)c1C#N. The Kier molecular flexibility index (Phi) is 2.12. The van der Waals surface area contributed by atoms with Crippen molar-refractivity contribution in [3.8, 4) is 11.8 Å². The van der Waals surface area contributed by atoms with Gasteiger partial charge in [0.25, 0.3) is 0 Å². The molecule has 0 aliphatic rings. The molecule has 0 saturated heterocycles. The molecule has 0 amide bonds. The highest BCUT2D eigenvalue weighted by Gasteiger charge is 2.03. The van der Waals surface area contributed by atoms with Gasteiger partial charge in [0.05, 0.1) is 5.56 Å². The Morgan fingerprint density at radius 3 is 2.73 bits per heavy atom. The molecule has 2 nitrogen and oxygen atoms in total. The van der Waals surface area contributed by atoms with Crippen molar-refractivity contribution in [2.45, 2.75) is 13.3 Å². The van der Waals surface area contributed by atoms with E-state index >= 15 is 0 Å². The first-order valence-corrected chi connectivity index (χ1v) is 3.50. The molecule has 1 aromatic rings. The lowest BCUT2D eigenvalue weighted by Gasteiger charge is -2.00. The van der Waals surface area contributed by atoms with E-state index in [1.807, 2.05) is 19.1 Å². The van der Waals surface area contributed by atoms with Crippen molar-refractivity contribution in [3.63, 3.8) is 0 Å². The molecule has 0 radical (unpaired) electrons. The highest BCUT2D eigenvalue weighted by molar-refractivity contribution is 5.47. The lowest BCUT2D eigenvalue weighted by molar-refractivity contribution is 0.473. The lowest BCUT2D eigenvalue weighted by Crippen LogP contribution is -1.86. The van der Waals surface area contributed by atoms with E-state index in [2.05, 4.69) is 0 Å². The summed E-state index contributed by atoms with van der Waals surface area (Å²) in [6, 6.07) is 7.08. The van der Waals surface area contributed by atoms with Crippen molar-refractivity contribution in [2.75, 3.05) is 0 Å². The number of phenolic OH excluding ortho intramolecular Hbond substituents is 1. The molecule has 0 spiro atoms. The molecule has 0 heterocycles. The molecule has 1 aromatic carbocycles. The molecule has 0 aliphatic carbocycles. The molecule has 2 heteroatoms. The normalized spacial score (nSPS) is 9.09. The van der Waals surface area contributed by atoms with Crippen LogP contribution in [0, 0.1) is 11.3 Å². The number of nitriles is 1. The molecule has 0 atom stereocenters. The predicted molar refractivity (Wildman–Crippen MR) is 42.2 cm³/mol. The second kappa shape index (κ2) is 3.07. The van der Waals surface area contributed by atoms with Crippen molar-refractivity contribution in [1.82, 2.24) is 0 Å². The van der Waals surface area contributed by atoms with E-state index in [4.69, 9.17) is 5.26 Å². The van der Waals surface area contributed by atoms with Gasteiger partial charge in [0.15, 0.2) is 0 Å². The first-order chi connectivity index (χ1) is 5.29. The zero-order chi connectivity index (χ0) is 8.27. The third-order valence-electron chi connectivity index (χ3n) is 1.62. The van der Waals surface area contributed by atoms with Crippen LogP contribution in [0.1, 0.15) is 18.1 Å². The van der Waals surface area contributed by atoms with Gasteiger partial charge in [-0.2, -0.15) is 5.26 Å². The molecule has 0 saturated carbocycles. The van der Waals surface area contributed by atoms with E-state index in [0.29, 0.717) is 5.56 Å². The summed E-state index contributed by atoms with van der Waals surface area (Å²) >= 11 is 0. The Labute approximate surface area is 65.7 Å². The molecule has 1 rings (SSSR count). The Bertz CT molecular complexity index is 299. The van der Waals surface area contributed by atoms with E-state index < -0.39 is 0 Å². The van der Waals surface area contributed by atoms with Crippen LogP contribution in [0.2, 0.25) is 0 Å². The zero-order valence-electron chi connectivity index (χ0n) is 6.33. The second-order valence-corrected chi connectivity index (χ2v) is 2.28. The minimum Gasteiger partial charge on any atom is -0.507 e. The summed E-state index contributed by atoms with van der Waals surface area (Å²) in [7, 11) is 0. The second-order valence-electron chi connectivity index (χ2n) is 2.28. The average molecular weight is 147 g/mol. The van der Waals surface area contributed by atoms with Crippen LogP contribution in [0.15, 0.2) is 18.2 Å². The van der Waals surface area contributed by atoms with E-state index in [0.717, 1.165) is 12.0 Å². The van der Waals surface area contributed by atoms with Crippen LogP contribution in [-0.2, 0) is 6.42 Å². The summed E-state index contributed by atoms with van der Waals surface area (Å²) in [5.74, 6) is 0.0758. The van der Waals surface area contributed by atoms with E-state index in [1.165, 1.54) is 6.07 Å². The summed E-state index contributed by atoms with van der Waals surface area (Å²) in [5.41, 5.74) is 1.29. The third-order valence-corrected chi connectivity index (χ3v) is 1.62. The summed E-state index contributed by atoms with van der Waals surface area (Å²) in [5, 5.41) is 17.8. The van der Waals surface area contributed by atoms with Crippen LogP contribution >= 0.6 is 0 Å². The van der Waals surface area contributed by atoms with E-state index in [9.17, 15) is 5.11 Å². The van der Waals surface area contributed by atoms with Crippen molar-refractivity contribution in [2.24, 2.45) is 0 Å². The quantitative estimate of drug-likeness (QED) is 0.658. The number of benzene rings is 1. The van der Waals surface area contributed by atoms with Gasteiger partial charge in [-0.3, -0.25) is 0 Å².